The molecular weight excluding hydrogens is 1250 g/mol. The first-order chi connectivity index (χ1) is 42.8. The van der Waals surface area contributed by atoms with Crippen molar-refractivity contribution in [3.63, 3.8) is 0 Å². The van der Waals surface area contributed by atoms with Crippen LogP contribution in [0.2, 0.25) is 0 Å². The highest BCUT2D eigenvalue weighted by Crippen LogP contribution is 2.61. The summed E-state index contributed by atoms with van der Waals surface area (Å²) >= 11 is 0.824. The van der Waals surface area contributed by atoms with Crippen molar-refractivity contribution in [1.82, 2.24) is 5.06 Å². The Bertz CT molecular complexity index is 3730. The highest BCUT2D eigenvalue weighted by atomic mass is 32.2. The van der Waals surface area contributed by atoms with E-state index < -0.39 is 82.0 Å². The molecule has 1 aliphatic carbocycles. The third-order valence-electron chi connectivity index (χ3n) is 18.2. The number of hydrogen-bond acceptors (Lipinski definition) is 17. The van der Waals surface area contributed by atoms with Crippen LogP contribution in [-0.2, 0) is 73.9 Å². The SMILES string of the molecule is Cc1cc(SOO[O-])cc2c1N(C(C)(C)COC(C)(C)C)C(=CC=C1CCCC(C=CC3=[N+](CCCCCC(=O)ON4C(=O)CCC4=O)c4c(C)cc(S(=O)(=O)O)cc4C3(C)C(C)(C)COC(C)(C)C)=C1Oc1ccc(S(=O)(=O)O)cc1)C2(C)C(C)(C)COC(C)(C)C. The lowest BCUT2D eigenvalue weighted by atomic mass is 9.61. The molecule has 3 aliphatic heterocycles. The Morgan fingerprint density at radius 2 is 1.25 bits per heavy atom. The van der Waals surface area contributed by atoms with Crippen LogP contribution in [0.5, 0.6) is 5.75 Å². The molecule has 20 nitrogen and oxygen atoms in total. The predicted octanol–water partition coefficient (Wildman–Crippen LogP) is 13.5. The van der Waals surface area contributed by atoms with Gasteiger partial charge in [-0.2, -0.15) is 25.7 Å². The number of benzene rings is 3. The van der Waals surface area contributed by atoms with Crippen molar-refractivity contribution in [2.45, 2.75) is 237 Å². The number of anilines is 1. The lowest BCUT2D eigenvalue weighted by molar-refractivity contribution is -0.777. The van der Waals surface area contributed by atoms with Gasteiger partial charge in [-0.3, -0.25) is 23.7 Å². The summed E-state index contributed by atoms with van der Waals surface area (Å²) < 4.78 is 106. The largest absolute Gasteiger partial charge is 0.691 e. The molecule has 7 rings (SSSR count). The quantitative estimate of drug-likeness (QED) is 0.0144. The molecule has 0 bridgehead atoms. The third-order valence-corrected chi connectivity index (χ3v) is 20.4. The zero-order chi connectivity index (χ0) is 69.5. The van der Waals surface area contributed by atoms with E-state index in [1.807, 2.05) is 100 Å². The summed E-state index contributed by atoms with van der Waals surface area (Å²) in [6.45, 7) is 40.2. The maximum Gasteiger partial charge on any atom is 0.333 e. The molecule has 0 spiro atoms. The van der Waals surface area contributed by atoms with Crippen LogP contribution in [0.15, 0.2) is 110 Å². The maximum atomic E-state index is 13.2. The Labute approximate surface area is 555 Å². The molecule has 2 unspecified atom stereocenters. The first kappa shape index (κ1) is 74.8. The molecule has 0 saturated carbocycles. The van der Waals surface area contributed by atoms with Gasteiger partial charge >= 0.3 is 5.97 Å². The van der Waals surface area contributed by atoms with E-state index in [-0.39, 0.29) is 41.4 Å². The van der Waals surface area contributed by atoms with Gasteiger partial charge in [0, 0.05) is 75.4 Å². The molecule has 1 saturated heterocycles. The van der Waals surface area contributed by atoms with Crippen molar-refractivity contribution >= 4 is 67.1 Å². The van der Waals surface area contributed by atoms with Gasteiger partial charge in [0.2, 0.25) is 5.69 Å². The summed E-state index contributed by atoms with van der Waals surface area (Å²) in [6, 6.07) is 12.5. The van der Waals surface area contributed by atoms with Gasteiger partial charge in [0.15, 0.2) is 5.71 Å². The highest BCUT2D eigenvalue weighted by Gasteiger charge is 2.59. The molecule has 23 heteroatoms. The second kappa shape index (κ2) is 27.9. The number of imide groups is 1. The number of carbonyl (C=O) groups is 3. The lowest BCUT2D eigenvalue weighted by Gasteiger charge is -2.47. The molecule has 3 aromatic rings. The Morgan fingerprint density at radius 3 is 1.81 bits per heavy atom. The van der Waals surface area contributed by atoms with Gasteiger partial charge in [-0.1, -0.05) is 33.8 Å². The summed E-state index contributed by atoms with van der Waals surface area (Å²) in [5.74, 6) is -1.05. The van der Waals surface area contributed by atoms with Crippen LogP contribution in [0, 0.1) is 24.7 Å². The summed E-state index contributed by atoms with van der Waals surface area (Å²) in [5.41, 5.74) is 2.47. The summed E-state index contributed by atoms with van der Waals surface area (Å²) in [6.07, 6.45) is 11.3. The Morgan fingerprint density at radius 1 is 0.677 bits per heavy atom. The molecule has 1 fully saturated rings. The number of nitrogens with zero attached hydrogens (tertiary/aromatic N) is 3. The number of ether oxygens (including phenoxy) is 4. The normalized spacial score (nSPS) is 20.5. The van der Waals surface area contributed by atoms with Crippen molar-refractivity contribution < 1.29 is 83.3 Å². The molecule has 3 aromatic carbocycles. The van der Waals surface area contributed by atoms with Crippen molar-refractivity contribution in [2.24, 2.45) is 10.8 Å². The monoisotopic (exact) mass is 1350 g/mol. The first-order valence-electron chi connectivity index (χ1n) is 31.7. The van der Waals surface area contributed by atoms with Gasteiger partial charge in [-0.25, -0.2) is 4.79 Å². The molecule has 0 radical (unpaired) electrons. The van der Waals surface area contributed by atoms with E-state index in [2.05, 4.69) is 82.1 Å². The van der Waals surface area contributed by atoms with Crippen LogP contribution < -0.4 is 14.9 Å². The second-order valence-corrected chi connectivity index (χ2v) is 33.7. The highest BCUT2D eigenvalue weighted by molar-refractivity contribution is 7.94. The van der Waals surface area contributed by atoms with E-state index in [1.54, 1.807) is 6.07 Å². The van der Waals surface area contributed by atoms with Crippen LogP contribution in [-0.4, -0.2) is 108 Å². The Balaban J connectivity index is 1.49. The van der Waals surface area contributed by atoms with Crippen molar-refractivity contribution in [3.05, 3.63) is 118 Å². The minimum atomic E-state index is -4.71. The number of amides is 2. The fourth-order valence-corrected chi connectivity index (χ4v) is 14.1. The summed E-state index contributed by atoms with van der Waals surface area (Å²) in [7, 11) is -9.28. The van der Waals surface area contributed by atoms with Gasteiger partial charge in [0.25, 0.3) is 32.1 Å². The fourth-order valence-electron chi connectivity index (χ4n) is 12.5. The van der Waals surface area contributed by atoms with E-state index in [0.717, 1.165) is 57.1 Å². The fraction of sp³-hybridized carbons (Fsp3) is 0.571. The zero-order valence-corrected chi connectivity index (χ0v) is 60.2. The molecule has 2 N–H and O–H groups in total. The number of unbranched alkanes of at least 4 members (excludes halogenated alkanes) is 2. The number of rotatable bonds is 26. The zero-order valence-electron chi connectivity index (χ0n) is 57.7. The molecule has 512 valence electrons. The molecule has 4 aliphatic rings. The van der Waals surface area contributed by atoms with E-state index >= 15 is 0 Å². The van der Waals surface area contributed by atoms with E-state index in [0.29, 0.717) is 85.1 Å². The average Bonchev–Trinajstić information content (AvgIpc) is 1.56. The van der Waals surface area contributed by atoms with Gasteiger partial charge in [0.1, 0.15) is 18.1 Å². The van der Waals surface area contributed by atoms with E-state index in [9.17, 15) is 45.6 Å². The average molecular weight is 1350 g/mol. The minimum Gasteiger partial charge on any atom is -0.691 e. The Hall–Kier alpha value is -5.57. The van der Waals surface area contributed by atoms with E-state index in [4.69, 9.17) is 28.1 Å². The van der Waals surface area contributed by atoms with Crippen molar-refractivity contribution in [1.29, 1.82) is 0 Å². The van der Waals surface area contributed by atoms with Gasteiger partial charge in [-0.05, 0) is 219 Å². The standard InChI is InChI=1S/C70H97N3O17S3/c1-45-38-50(91-90-89-77)40-53-61(45)72(68(16,17)44-86-65(9,10)11)56(70(53,19)67(14,15)43-85-64(6,7)8)34-28-48-25-23-24-47(62(48)87-49-29-31-51(32-30-49)92(78,79)80)27-33-55-69(18,66(12,13)42-84-63(3,4)5)54-41-52(93(81,82)83)39-46(2)60(54)71(55)37-22-20-21-26-59(76)88-73-57(74)35-36-58(73)75/h27-34,38-41H,20-26,35-37,42-44H2,1-19H3,(H2-,77,78,79,80,81,82,83). The van der Waals surface area contributed by atoms with Crippen LogP contribution in [0.25, 0.3) is 0 Å². The molecular formula is C70H97N3O17S3. The van der Waals surface area contributed by atoms with Gasteiger partial charge < -0.3 is 33.9 Å². The summed E-state index contributed by atoms with van der Waals surface area (Å²) in [5, 5.41) is 15.7. The third kappa shape index (κ3) is 17.0. The van der Waals surface area contributed by atoms with Crippen molar-refractivity contribution in [3.8, 4) is 5.75 Å². The van der Waals surface area contributed by atoms with Crippen LogP contribution in [0.1, 0.15) is 198 Å². The minimum absolute atomic E-state index is 0.0232. The molecule has 2 atom stereocenters. The Kier molecular flexibility index (Phi) is 22.4. The molecule has 2 amide bonds. The predicted molar refractivity (Wildman–Crippen MR) is 355 cm³/mol. The first-order valence-corrected chi connectivity index (χ1v) is 35.3. The van der Waals surface area contributed by atoms with Crippen LogP contribution in [0.4, 0.5) is 11.4 Å². The smallest absolute Gasteiger partial charge is 0.333 e. The number of hydroxylamine groups is 2. The second-order valence-electron chi connectivity index (χ2n) is 30.1. The van der Waals surface area contributed by atoms with Crippen LogP contribution in [0.3, 0.4) is 0 Å². The lowest BCUT2D eigenvalue weighted by Crippen LogP contribution is -2.52. The van der Waals surface area contributed by atoms with Crippen molar-refractivity contribution in [2.75, 3.05) is 31.3 Å². The van der Waals surface area contributed by atoms with Gasteiger partial charge in [-0.15, -0.1) is 5.06 Å². The number of aryl methyl sites for hydroxylation is 2. The van der Waals surface area contributed by atoms with E-state index in [1.165, 1.54) is 30.3 Å². The molecule has 93 heavy (non-hydrogen) atoms. The summed E-state index contributed by atoms with van der Waals surface area (Å²) in [4.78, 5) is 45.0. The topological polar surface area (TPSA) is 257 Å². The number of carbonyl (C=O) groups excluding carboxylic acids is 3. The number of hydrogen-bond donors (Lipinski definition) is 2. The number of fused-ring (bicyclic) bond motifs is 2. The molecule has 3 heterocycles. The van der Waals surface area contributed by atoms with Gasteiger partial charge in [0.05, 0.1) is 69.4 Å². The molecule has 0 aromatic heterocycles. The van der Waals surface area contributed by atoms with Crippen LogP contribution >= 0.6 is 12.0 Å². The maximum absolute atomic E-state index is 13.2. The number of allylic oxidation sites excluding steroid dienone is 7.